The third-order valence-electron chi connectivity index (χ3n) is 3.94. The molecule has 11 heteroatoms. The highest BCUT2D eigenvalue weighted by atomic mass is 35.5. The van der Waals surface area contributed by atoms with Crippen molar-refractivity contribution in [3.05, 3.63) is 21.7 Å². The molecule has 0 radical (unpaired) electrons. The second-order valence-electron chi connectivity index (χ2n) is 6.22. The highest BCUT2D eigenvalue weighted by Gasteiger charge is 2.63. The van der Waals surface area contributed by atoms with E-state index in [2.05, 4.69) is 4.98 Å². The van der Waals surface area contributed by atoms with Crippen LogP contribution in [0.2, 0.25) is 5.02 Å². The number of carbonyl (C=O) groups is 1. The highest BCUT2D eigenvalue weighted by molar-refractivity contribution is 6.32. The zero-order valence-electron chi connectivity index (χ0n) is 13.8. The Hall–Kier alpha value is -1.75. The highest BCUT2D eigenvalue weighted by Crippen LogP contribution is 2.42. The molecule has 0 bridgehead atoms. The number of esters is 1. The molecule has 9 nitrogen and oxygen atoms in total. The lowest BCUT2D eigenvalue weighted by atomic mass is 10.0. The largest absolute Gasteiger partial charge is 0.459 e. The number of aliphatic hydroxyl groups is 2. The van der Waals surface area contributed by atoms with Gasteiger partial charge in [-0.05, 0) is 6.92 Å². The number of anilines is 1. The van der Waals surface area contributed by atoms with Gasteiger partial charge in [-0.3, -0.25) is 9.36 Å². The number of alkyl halides is 1. The van der Waals surface area contributed by atoms with Crippen molar-refractivity contribution in [1.29, 1.82) is 0 Å². The van der Waals surface area contributed by atoms with Crippen LogP contribution in [0.25, 0.3) is 0 Å². The summed E-state index contributed by atoms with van der Waals surface area (Å²) in [7, 11) is 0. The summed E-state index contributed by atoms with van der Waals surface area (Å²) >= 11 is 5.81. The molecular formula is C14H19ClFN3O6. The Morgan fingerprint density at radius 1 is 1.56 bits per heavy atom. The summed E-state index contributed by atoms with van der Waals surface area (Å²) in [4.78, 5) is 27.0. The molecule has 0 saturated carbocycles. The molecule has 140 valence electrons. The maximum atomic E-state index is 15.0. The number of nitrogens with two attached hydrogens (primary N) is 1. The number of nitrogens with zero attached hydrogens (tertiary/aromatic N) is 2. The number of hydrogen-bond acceptors (Lipinski definition) is 8. The van der Waals surface area contributed by atoms with E-state index in [-0.39, 0.29) is 10.8 Å². The van der Waals surface area contributed by atoms with Crippen molar-refractivity contribution >= 4 is 23.4 Å². The summed E-state index contributed by atoms with van der Waals surface area (Å²) in [6, 6.07) is 0. The predicted molar refractivity (Wildman–Crippen MR) is 84.3 cm³/mol. The van der Waals surface area contributed by atoms with Gasteiger partial charge in [0.15, 0.2) is 12.3 Å². The molecule has 0 amide bonds. The Labute approximate surface area is 147 Å². The average molecular weight is 380 g/mol. The first-order valence-corrected chi connectivity index (χ1v) is 7.77. The Bertz CT molecular complexity index is 744. The molecule has 0 unspecified atom stereocenters. The van der Waals surface area contributed by atoms with E-state index in [0.29, 0.717) is 4.57 Å². The standard InChI is InChI=1S/C14H19ClFN3O6/c1-6(2)11(22)24-5-14(16)9(21)8(20)13(3,25-14)19-4-7(15)10(17)18-12(19)23/h4,6,8-9,20-21H,5H2,1-3H3,(H2,17,18,23)/t8-,9+,13-,14-/m1/s1. The summed E-state index contributed by atoms with van der Waals surface area (Å²) in [5.41, 5.74) is 2.39. The Kier molecular flexibility index (Phi) is 5.11. The quantitative estimate of drug-likeness (QED) is 0.610. The predicted octanol–water partition coefficient (Wildman–Crippen LogP) is -0.231. The second-order valence-corrected chi connectivity index (χ2v) is 6.63. The lowest BCUT2D eigenvalue weighted by Crippen LogP contribution is -2.48. The summed E-state index contributed by atoms with van der Waals surface area (Å²) in [5, 5.41) is 20.2. The molecule has 1 aromatic heterocycles. The molecule has 1 aliphatic rings. The molecule has 2 rings (SSSR count). The van der Waals surface area contributed by atoms with Crippen LogP contribution in [0.5, 0.6) is 0 Å². The molecule has 0 spiro atoms. The summed E-state index contributed by atoms with van der Waals surface area (Å²) < 4.78 is 25.6. The van der Waals surface area contributed by atoms with E-state index < -0.39 is 48.0 Å². The van der Waals surface area contributed by atoms with Gasteiger partial charge in [0.25, 0.3) is 5.85 Å². The van der Waals surface area contributed by atoms with Gasteiger partial charge in [-0.25, -0.2) is 9.18 Å². The van der Waals surface area contributed by atoms with E-state index in [1.54, 1.807) is 13.8 Å². The lowest BCUT2D eigenvalue weighted by Gasteiger charge is -2.30. The average Bonchev–Trinajstić information content (AvgIpc) is 2.70. The van der Waals surface area contributed by atoms with E-state index in [4.69, 9.17) is 26.8 Å². The van der Waals surface area contributed by atoms with Crippen molar-refractivity contribution in [2.24, 2.45) is 5.92 Å². The number of nitrogen functional groups attached to an aromatic ring is 1. The number of hydrogen-bond donors (Lipinski definition) is 3. The molecule has 1 aromatic rings. The fraction of sp³-hybridized carbons (Fsp3) is 0.643. The van der Waals surface area contributed by atoms with Crippen molar-refractivity contribution in [2.45, 2.75) is 44.6 Å². The molecule has 0 aromatic carbocycles. The minimum absolute atomic E-state index is 0.131. The monoisotopic (exact) mass is 379 g/mol. The number of carbonyl (C=O) groups excluding carboxylic acids is 1. The van der Waals surface area contributed by atoms with E-state index >= 15 is 0 Å². The SMILES string of the molecule is CC(C)C(=O)OC[C@@]1(F)O[C@@](C)(n2cc(Cl)c(N)nc2=O)[C@H](O)[C@@H]1O. The van der Waals surface area contributed by atoms with Crippen LogP contribution in [0.15, 0.2) is 11.0 Å². The zero-order valence-corrected chi connectivity index (χ0v) is 14.5. The van der Waals surface area contributed by atoms with Gasteiger partial charge < -0.3 is 25.4 Å². The van der Waals surface area contributed by atoms with Gasteiger partial charge in [0, 0.05) is 6.20 Å². The Balaban J connectivity index is 2.36. The van der Waals surface area contributed by atoms with Crippen LogP contribution >= 0.6 is 11.6 Å². The van der Waals surface area contributed by atoms with E-state index in [9.17, 15) is 24.2 Å². The lowest BCUT2D eigenvalue weighted by molar-refractivity contribution is -0.245. The molecule has 25 heavy (non-hydrogen) atoms. The third kappa shape index (κ3) is 3.34. The second kappa shape index (κ2) is 6.52. The fourth-order valence-corrected chi connectivity index (χ4v) is 2.54. The molecule has 2 heterocycles. The first-order valence-electron chi connectivity index (χ1n) is 7.39. The van der Waals surface area contributed by atoms with Gasteiger partial charge >= 0.3 is 11.7 Å². The van der Waals surface area contributed by atoms with Crippen LogP contribution in [0, 0.1) is 5.92 Å². The minimum atomic E-state index is -2.94. The van der Waals surface area contributed by atoms with Gasteiger partial charge in [0.1, 0.15) is 18.0 Å². The van der Waals surface area contributed by atoms with E-state index in [1.165, 1.54) is 0 Å². The fourth-order valence-electron chi connectivity index (χ4n) is 2.40. The molecule has 0 aliphatic carbocycles. The van der Waals surface area contributed by atoms with Gasteiger partial charge in [0.2, 0.25) is 0 Å². The molecule has 1 aliphatic heterocycles. The first-order chi connectivity index (χ1) is 11.4. The molecule has 1 fully saturated rings. The zero-order chi connectivity index (χ0) is 19.2. The van der Waals surface area contributed by atoms with Gasteiger partial charge in [0.05, 0.1) is 10.9 Å². The van der Waals surface area contributed by atoms with Crippen molar-refractivity contribution < 1.29 is 28.9 Å². The van der Waals surface area contributed by atoms with Gasteiger partial charge in [-0.15, -0.1) is 0 Å². The van der Waals surface area contributed by atoms with Crippen LogP contribution in [-0.2, 0) is 20.0 Å². The minimum Gasteiger partial charge on any atom is -0.459 e. The topological polar surface area (TPSA) is 137 Å². The summed E-state index contributed by atoms with van der Waals surface area (Å²) in [6.45, 7) is 3.27. The van der Waals surface area contributed by atoms with E-state index in [1.807, 2.05) is 0 Å². The molecule has 4 N–H and O–H groups in total. The normalized spacial score (nSPS) is 32.2. The summed E-state index contributed by atoms with van der Waals surface area (Å²) in [5.74, 6) is -4.44. The Morgan fingerprint density at radius 3 is 2.72 bits per heavy atom. The third-order valence-corrected chi connectivity index (χ3v) is 4.23. The number of halogens is 2. The maximum absolute atomic E-state index is 15.0. The maximum Gasteiger partial charge on any atom is 0.352 e. The van der Waals surface area contributed by atoms with Crippen molar-refractivity contribution in [2.75, 3.05) is 12.3 Å². The molecule has 1 saturated heterocycles. The van der Waals surface area contributed by atoms with E-state index in [0.717, 1.165) is 13.1 Å². The summed E-state index contributed by atoms with van der Waals surface area (Å²) in [6.07, 6.45) is -2.97. The van der Waals surface area contributed by atoms with Crippen molar-refractivity contribution in [3.8, 4) is 0 Å². The van der Waals surface area contributed by atoms with Crippen LogP contribution in [-0.4, -0.2) is 50.4 Å². The first kappa shape index (κ1) is 19.6. The molecule has 4 atom stereocenters. The number of rotatable bonds is 4. The van der Waals surface area contributed by atoms with Gasteiger partial charge in [-0.1, -0.05) is 25.4 Å². The smallest absolute Gasteiger partial charge is 0.352 e. The number of aliphatic hydroxyl groups excluding tert-OH is 2. The van der Waals surface area contributed by atoms with Crippen molar-refractivity contribution in [1.82, 2.24) is 9.55 Å². The van der Waals surface area contributed by atoms with Gasteiger partial charge in [-0.2, -0.15) is 4.98 Å². The number of aromatic nitrogens is 2. The number of ether oxygens (including phenoxy) is 2. The van der Waals surface area contributed by atoms with Crippen LogP contribution in [0.3, 0.4) is 0 Å². The van der Waals surface area contributed by atoms with Crippen molar-refractivity contribution in [3.63, 3.8) is 0 Å². The van der Waals surface area contributed by atoms with Crippen LogP contribution in [0.1, 0.15) is 20.8 Å². The molecular weight excluding hydrogens is 361 g/mol. The van der Waals surface area contributed by atoms with Crippen LogP contribution in [0.4, 0.5) is 10.2 Å². The Morgan fingerprint density at radius 2 is 2.16 bits per heavy atom. The van der Waals surface area contributed by atoms with Crippen LogP contribution < -0.4 is 11.4 Å².